The average Bonchev–Trinajstić information content (AvgIpc) is 3.18. The fourth-order valence-electron chi connectivity index (χ4n) is 3.04. The van der Waals surface area contributed by atoms with Gasteiger partial charge in [0.25, 0.3) is 5.69 Å². The Labute approximate surface area is 161 Å². The SMILES string of the molecule is CC(C)(C)OC(=O)N1CCC[C@H]1CS(=O)(=O)c1nc2cc([N+](=O)[O-])ccc2o1. The number of aromatic nitrogens is 1. The molecule has 0 bridgehead atoms. The lowest BCUT2D eigenvalue weighted by atomic mass is 10.2. The lowest BCUT2D eigenvalue weighted by Crippen LogP contribution is -2.42. The number of oxazole rings is 1. The molecule has 3 rings (SSSR count). The Morgan fingerprint density at radius 1 is 1.43 bits per heavy atom. The number of ether oxygens (including phenoxy) is 1. The zero-order chi connectivity index (χ0) is 20.7. The van der Waals surface area contributed by atoms with Crippen molar-refractivity contribution in [3.05, 3.63) is 28.3 Å². The number of carbonyl (C=O) groups excluding carboxylic acids is 1. The normalized spacial score (nSPS) is 17.8. The molecule has 1 amide bonds. The molecule has 0 saturated carbocycles. The first kappa shape index (κ1) is 20.1. The summed E-state index contributed by atoms with van der Waals surface area (Å²) in [6, 6.07) is 3.12. The van der Waals surface area contributed by atoms with Gasteiger partial charge in [0.2, 0.25) is 9.84 Å². The van der Waals surface area contributed by atoms with E-state index in [-0.39, 0.29) is 22.5 Å². The first-order chi connectivity index (χ1) is 13.0. The van der Waals surface area contributed by atoms with E-state index in [2.05, 4.69) is 4.98 Å². The van der Waals surface area contributed by atoms with E-state index in [1.165, 1.54) is 17.0 Å². The van der Waals surface area contributed by atoms with Gasteiger partial charge < -0.3 is 14.1 Å². The number of fused-ring (bicyclic) bond motifs is 1. The molecule has 0 radical (unpaired) electrons. The van der Waals surface area contributed by atoms with Gasteiger partial charge in [-0.15, -0.1) is 0 Å². The Bertz CT molecular complexity index is 1020. The molecular weight excluding hydrogens is 390 g/mol. The monoisotopic (exact) mass is 411 g/mol. The number of carbonyl (C=O) groups is 1. The molecule has 1 saturated heterocycles. The maximum atomic E-state index is 12.8. The van der Waals surface area contributed by atoms with E-state index >= 15 is 0 Å². The number of sulfone groups is 1. The predicted octanol–water partition coefficient (Wildman–Crippen LogP) is 2.91. The molecule has 28 heavy (non-hydrogen) atoms. The van der Waals surface area contributed by atoms with Crippen molar-refractivity contribution in [2.24, 2.45) is 0 Å². The van der Waals surface area contributed by atoms with Crippen LogP contribution in [0.5, 0.6) is 0 Å². The van der Waals surface area contributed by atoms with Crippen LogP contribution < -0.4 is 0 Å². The number of nitro groups is 1. The zero-order valence-corrected chi connectivity index (χ0v) is 16.6. The van der Waals surface area contributed by atoms with E-state index in [0.29, 0.717) is 19.4 Å². The van der Waals surface area contributed by atoms with Gasteiger partial charge >= 0.3 is 11.3 Å². The lowest BCUT2D eigenvalue weighted by Gasteiger charge is -2.28. The second kappa shape index (κ2) is 7.04. The smallest absolute Gasteiger partial charge is 0.410 e. The molecule has 0 spiro atoms. The van der Waals surface area contributed by atoms with Gasteiger partial charge in [0.05, 0.1) is 10.7 Å². The van der Waals surface area contributed by atoms with Gasteiger partial charge in [-0.25, -0.2) is 13.2 Å². The minimum atomic E-state index is -3.95. The van der Waals surface area contributed by atoms with Crippen molar-refractivity contribution in [1.29, 1.82) is 0 Å². The summed E-state index contributed by atoms with van der Waals surface area (Å²) in [6.07, 6.45) is 0.627. The molecule has 2 heterocycles. The van der Waals surface area contributed by atoms with E-state index in [1.54, 1.807) is 20.8 Å². The minimum Gasteiger partial charge on any atom is -0.444 e. The molecule has 1 aromatic carbocycles. The van der Waals surface area contributed by atoms with Crippen LogP contribution >= 0.6 is 0 Å². The van der Waals surface area contributed by atoms with Crippen molar-refractivity contribution >= 4 is 32.7 Å². The third-order valence-corrected chi connectivity index (χ3v) is 5.78. The second-order valence-corrected chi connectivity index (χ2v) is 9.55. The minimum absolute atomic E-state index is 0.0863. The molecule has 0 unspecified atom stereocenters. The summed E-state index contributed by atoms with van der Waals surface area (Å²) in [5, 5.41) is 10.3. The summed E-state index contributed by atoms with van der Waals surface area (Å²) in [6.45, 7) is 5.63. The Kier molecular flexibility index (Phi) is 5.04. The number of rotatable bonds is 4. The fraction of sp³-hybridized carbons (Fsp3) is 0.529. The topological polar surface area (TPSA) is 133 Å². The third kappa shape index (κ3) is 4.24. The summed E-state index contributed by atoms with van der Waals surface area (Å²) in [4.78, 5) is 27.9. The van der Waals surface area contributed by atoms with Crippen LogP contribution in [0.3, 0.4) is 0 Å². The first-order valence-corrected chi connectivity index (χ1v) is 10.4. The highest BCUT2D eigenvalue weighted by Gasteiger charge is 2.37. The van der Waals surface area contributed by atoms with Crippen molar-refractivity contribution in [3.63, 3.8) is 0 Å². The van der Waals surface area contributed by atoms with Gasteiger partial charge in [-0.1, -0.05) is 0 Å². The molecule has 0 N–H and O–H groups in total. The van der Waals surface area contributed by atoms with Gasteiger partial charge in [0, 0.05) is 24.7 Å². The number of non-ortho nitro benzene ring substituents is 1. The van der Waals surface area contributed by atoms with Crippen LogP contribution in [0, 0.1) is 10.1 Å². The van der Waals surface area contributed by atoms with Gasteiger partial charge in [-0.2, -0.15) is 4.98 Å². The summed E-state index contributed by atoms with van der Waals surface area (Å²) >= 11 is 0. The van der Waals surface area contributed by atoms with Gasteiger partial charge in [-0.3, -0.25) is 10.1 Å². The number of nitro benzene ring substituents is 1. The number of likely N-dealkylation sites (tertiary alicyclic amines) is 1. The number of amides is 1. The van der Waals surface area contributed by atoms with E-state index < -0.39 is 37.7 Å². The molecule has 152 valence electrons. The summed E-state index contributed by atoms with van der Waals surface area (Å²) in [5.41, 5.74) is -0.669. The Morgan fingerprint density at radius 3 is 2.79 bits per heavy atom. The average molecular weight is 411 g/mol. The highest BCUT2D eigenvalue weighted by Crippen LogP contribution is 2.27. The van der Waals surface area contributed by atoms with Crippen molar-refractivity contribution in [2.45, 2.75) is 50.5 Å². The molecule has 0 aliphatic carbocycles. The van der Waals surface area contributed by atoms with Crippen molar-refractivity contribution in [2.75, 3.05) is 12.3 Å². The van der Waals surface area contributed by atoms with Crippen molar-refractivity contribution < 1.29 is 27.3 Å². The number of benzene rings is 1. The highest BCUT2D eigenvalue weighted by atomic mass is 32.2. The van der Waals surface area contributed by atoms with Crippen LogP contribution in [-0.2, 0) is 14.6 Å². The molecule has 1 atom stereocenters. The third-order valence-electron chi connectivity index (χ3n) is 4.25. The van der Waals surface area contributed by atoms with Crippen LogP contribution in [0.1, 0.15) is 33.6 Å². The molecule has 1 aromatic heterocycles. The van der Waals surface area contributed by atoms with Gasteiger partial charge in [0.15, 0.2) is 5.58 Å². The molecule has 1 aliphatic rings. The first-order valence-electron chi connectivity index (χ1n) is 8.74. The molecule has 1 fully saturated rings. The summed E-state index contributed by atoms with van der Waals surface area (Å²) < 4.78 is 36.2. The fourth-order valence-corrected chi connectivity index (χ4v) is 4.49. The van der Waals surface area contributed by atoms with Crippen LogP contribution in [0.15, 0.2) is 27.8 Å². The van der Waals surface area contributed by atoms with E-state index in [1.807, 2.05) is 0 Å². The van der Waals surface area contributed by atoms with Crippen LogP contribution in [0.2, 0.25) is 0 Å². The maximum Gasteiger partial charge on any atom is 0.410 e. The number of hydrogen-bond donors (Lipinski definition) is 0. The van der Waals surface area contributed by atoms with Crippen LogP contribution in [0.4, 0.5) is 10.5 Å². The van der Waals surface area contributed by atoms with E-state index in [4.69, 9.17) is 9.15 Å². The van der Waals surface area contributed by atoms with Gasteiger partial charge in [-0.05, 0) is 39.7 Å². The Morgan fingerprint density at radius 2 is 2.14 bits per heavy atom. The standard InChI is InChI=1S/C17H21N3O7S/c1-17(2,3)27-16(21)19-8-4-5-12(19)10-28(24,25)15-18-13-9-11(20(22)23)6-7-14(13)26-15/h6-7,9,12H,4-5,8,10H2,1-3H3/t12-/m0/s1. The second-order valence-electron chi connectivity index (χ2n) is 7.64. The Balaban J connectivity index is 1.82. The summed E-state index contributed by atoms with van der Waals surface area (Å²) in [5.74, 6) is -0.360. The predicted molar refractivity (Wildman–Crippen MR) is 98.7 cm³/mol. The van der Waals surface area contributed by atoms with E-state index in [0.717, 1.165) is 6.07 Å². The molecular formula is C17H21N3O7S. The highest BCUT2D eigenvalue weighted by molar-refractivity contribution is 7.91. The molecule has 10 nitrogen and oxygen atoms in total. The van der Waals surface area contributed by atoms with Gasteiger partial charge in [0.1, 0.15) is 11.1 Å². The number of nitrogens with zero attached hydrogens (tertiary/aromatic N) is 3. The zero-order valence-electron chi connectivity index (χ0n) is 15.7. The lowest BCUT2D eigenvalue weighted by molar-refractivity contribution is -0.384. The largest absolute Gasteiger partial charge is 0.444 e. The quantitative estimate of drug-likeness (QED) is 0.554. The summed E-state index contributed by atoms with van der Waals surface area (Å²) in [7, 11) is -3.95. The molecule has 11 heteroatoms. The molecule has 2 aromatic rings. The maximum absolute atomic E-state index is 12.8. The number of hydrogen-bond acceptors (Lipinski definition) is 8. The van der Waals surface area contributed by atoms with Crippen molar-refractivity contribution in [1.82, 2.24) is 9.88 Å². The Hall–Kier alpha value is -2.69. The van der Waals surface area contributed by atoms with E-state index in [9.17, 15) is 23.3 Å². The van der Waals surface area contributed by atoms with Crippen LogP contribution in [-0.4, -0.2) is 53.3 Å². The van der Waals surface area contributed by atoms with Crippen molar-refractivity contribution in [3.8, 4) is 0 Å². The molecule has 1 aliphatic heterocycles. The van der Waals surface area contributed by atoms with Crippen LogP contribution in [0.25, 0.3) is 11.1 Å².